The topological polar surface area (TPSA) is 366 Å². The molecule has 5 aliphatic heterocycles. The van der Waals surface area contributed by atoms with Crippen LogP contribution >= 0.6 is 0 Å². The van der Waals surface area contributed by atoms with Crippen LogP contribution < -0.4 is 0 Å². The molecule has 5 saturated heterocycles. The summed E-state index contributed by atoms with van der Waals surface area (Å²) in [5.74, 6) is 1.12. The minimum atomic E-state index is -1.80. The van der Waals surface area contributed by atoms with Gasteiger partial charge in [0, 0.05) is 5.92 Å². The maximum atomic E-state index is 12.4. The zero-order chi connectivity index (χ0) is 53.7. The zero-order valence-corrected chi connectivity index (χ0v) is 43.0. The number of allylic oxidation sites excluding steroid dienone is 1. The first-order valence-corrected chi connectivity index (χ1v) is 26.9. The average Bonchev–Trinajstić information content (AvgIpc) is 3.82. The molecule has 0 aromatic carbocycles. The third kappa shape index (κ3) is 10.1. The Morgan fingerprint density at radius 1 is 0.608 bits per heavy atom. The van der Waals surface area contributed by atoms with Crippen LogP contribution in [0.5, 0.6) is 0 Å². The van der Waals surface area contributed by atoms with E-state index in [-0.39, 0.29) is 53.1 Å². The highest BCUT2D eigenvalue weighted by atomic mass is 16.8. The van der Waals surface area contributed by atoms with Crippen molar-refractivity contribution < 1.29 is 114 Å². The van der Waals surface area contributed by atoms with Gasteiger partial charge in [0.2, 0.25) is 0 Å². The predicted molar refractivity (Wildman–Crippen MR) is 250 cm³/mol. The van der Waals surface area contributed by atoms with Gasteiger partial charge >= 0.3 is 0 Å². The van der Waals surface area contributed by atoms with Crippen molar-refractivity contribution in [3.05, 3.63) is 11.8 Å². The van der Waals surface area contributed by atoms with E-state index in [0.717, 1.165) is 32.1 Å². The molecule has 74 heavy (non-hydrogen) atoms. The van der Waals surface area contributed by atoms with E-state index in [2.05, 4.69) is 13.8 Å². The van der Waals surface area contributed by atoms with Gasteiger partial charge in [0.15, 0.2) is 25.2 Å². The lowest BCUT2D eigenvalue weighted by Crippen LogP contribution is -2.67. The molecule has 1 unspecified atom stereocenters. The monoisotopic (exact) mass is 1060 g/mol. The van der Waals surface area contributed by atoms with Gasteiger partial charge in [-0.2, -0.15) is 0 Å². The van der Waals surface area contributed by atoms with Crippen molar-refractivity contribution in [2.75, 3.05) is 19.8 Å². The van der Waals surface area contributed by atoms with Crippen LogP contribution in [0.1, 0.15) is 92.9 Å². The summed E-state index contributed by atoms with van der Waals surface area (Å²) in [7, 11) is 0. The number of hydrogen-bond acceptors (Lipinski definition) is 23. The van der Waals surface area contributed by atoms with Crippen molar-refractivity contribution in [3.8, 4) is 0 Å². The summed E-state index contributed by atoms with van der Waals surface area (Å²) in [5.41, 5.74) is -1.80. The summed E-state index contributed by atoms with van der Waals surface area (Å²) in [4.78, 5) is 0. The molecule has 5 heterocycles. The van der Waals surface area contributed by atoms with E-state index >= 15 is 0 Å². The SMILES string of the molecule is C[C@@H](C/C=C1\O[C@H]2C[C@H]3[C@@H]4CC[C@H]5CC(O[C@@H]6O[C@H](CO)[C@@H](O[C@@H]7O[C@@H](C)[C@H](O)[C@@H](O)[C@H]7O)[C@H](O)[C@H]6O[C@@H]6O[C@@H](C)[C@H](O)[C@@H](O)[C@H]6O)[C@H](O)C[C@]5(C)[C@H]4CC[C@]3(C)[C@H]2[C@@]1(C)O)CO[C@@H]1O[C@H](CO)[C@@H](O)[C@H](O)[C@H]1O. The third-order valence-electron chi connectivity index (χ3n) is 19.5. The van der Waals surface area contributed by atoms with E-state index in [1.54, 1.807) is 0 Å². The minimum absolute atomic E-state index is 0.0928. The Hall–Kier alpha value is -1.34. The molecule has 9 fully saturated rings. The van der Waals surface area contributed by atoms with Crippen LogP contribution in [0.15, 0.2) is 11.8 Å². The molecular formula is C51H84O23. The fraction of sp³-hybridized carbons (Fsp3) is 0.961. The summed E-state index contributed by atoms with van der Waals surface area (Å²) in [6, 6.07) is 0. The Balaban J connectivity index is 0.858. The molecule has 4 saturated carbocycles. The molecule has 14 N–H and O–H groups in total. The molecule has 0 radical (unpaired) electrons. The molecule has 23 heteroatoms. The number of rotatable bonds is 13. The Morgan fingerprint density at radius 2 is 1.19 bits per heavy atom. The summed E-state index contributed by atoms with van der Waals surface area (Å²) >= 11 is 0. The molecule has 426 valence electrons. The Morgan fingerprint density at radius 3 is 1.81 bits per heavy atom. The van der Waals surface area contributed by atoms with Crippen molar-refractivity contribution in [1.29, 1.82) is 0 Å². The van der Waals surface area contributed by atoms with Crippen LogP contribution in [-0.2, 0) is 42.6 Å². The van der Waals surface area contributed by atoms with Gasteiger partial charge in [-0.15, -0.1) is 0 Å². The summed E-state index contributed by atoms with van der Waals surface area (Å²) in [6.45, 7) is 10.0. The average molecular weight is 1070 g/mol. The maximum absolute atomic E-state index is 12.4. The van der Waals surface area contributed by atoms with Crippen LogP contribution in [0.4, 0.5) is 0 Å². The van der Waals surface area contributed by atoms with Gasteiger partial charge in [-0.25, -0.2) is 0 Å². The van der Waals surface area contributed by atoms with Crippen molar-refractivity contribution in [2.45, 2.75) is 240 Å². The molecule has 0 aromatic rings. The Labute approximate surface area is 430 Å². The van der Waals surface area contributed by atoms with Gasteiger partial charge in [0.05, 0.1) is 44.2 Å². The van der Waals surface area contributed by atoms with Gasteiger partial charge in [-0.1, -0.05) is 20.8 Å². The number of hydrogen-bond donors (Lipinski definition) is 14. The number of aliphatic hydroxyl groups excluding tert-OH is 13. The first kappa shape index (κ1) is 57.3. The number of fused-ring (bicyclic) bond motifs is 7. The van der Waals surface area contributed by atoms with E-state index < -0.39 is 154 Å². The lowest BCUT2D eigenvalue weighted by molar-refractivity contribution is -0.391. The Kier molecular flexibility index (Phi) is 17.0. The van der Waals surface area contributed by atoms with Gasteiger partial charge in [-0.3, -0.25) is 0 Å². The van der Waals surface area contributed by atoms with Gasteiger partial charge in [0.1, 0.15) is 103 Å². The van der Waals surface area contributed by atoms with Crippen LogP contribution in [-0.4, -0.2) is 238 Å². The van der Waals surface area contributed by atoms with Crippen LogP contribution in [0.2, 0.25) is 0 Å². The molecular weight excluding hydrogens is 981 g/mol. The predicted octanol–water partition coefficient (Wildman–Crippen LogP) is -3.01. The van der Waals surface area contributed by atoms with Gasteiger partial charge in [-0.05, 0) is 119 Å². The second kappa shape index (κ2) is 22.0. The smallest absolute Gasteiger partial charge is 0.187 e. The van der Waals surface area contributed by atoms with Crippen molar-refractivity contribution >= 4 is 0 Å². The lowest BCUT2D eigenvalue weighted by atomic mass is 9.44. The van der Waals surface area contributed by atoms with Crippen molar-refractivity contribution in [2.24, 2.45) is 46.3 Å². The third-order valence-corrected chi connectivity index (χ3v) is 19.5. The zero-order valence-electron chi connectivity index (χ0n) is 43.0. The van der Waals surface area contributed by atoms with Crippen molar-refractivity contribution in [3.63, 3.8) is 0 Å². The first-order chi connectivity index (χ1) is 34.9. The summed E-state index contributed by atoms with van der Waals surface area (Å²) in [5, 5.41) is 151. The molecule has 4 aliphatic carbocycles. The largest absolute Gasteiger partial charge is 0.492 e. The standard InChI is InChI=1S/C51H84O23/c1-19(18-66-45-38(61)37(60)34(57)29(16-52)71-45)7-10-31-51(6,65)44-28(69-31)14-25-23-9-8-22-13-27(26(54)15-50(22,5)24(23)11-12-49(25,44)4)70-48-43(74-47-40(63)36(59)33(56)21(3)68-47)41(64)42(30(17-53)72-48)73-46-39(62)35(58)32(55)20(2)67-46/h10,19-30,32-48,52-65H,7-9,11-18H2,1-6H3/b31-10-/t19-,20-,21-,22-,23+,24-,25-,26+,27?,28-,29+,30+,32-,33-,34+,35+,36+,37-,38+,39+,40+,41-,42+,43+,44-,45+,46-,47-,48+,49-,50-,51-/m0/s1. The molecule has 0 amide bonds. The lowest BCUT2D eigenvalue weighted by Gasteiger charge is -2.62. The fourth-order valence-corrected chi connectivity index (χ4v) is 15.2. The molecule has 0 bridgehead atoms. The second-order valence-electron chi connectivity index (χ2n) is 24.1. The van der Waals surface area contributed by atoms with Gasteiger partial charge in [0.25, 0.3) is 0 Å². The normalized spacial score (nSPS) is 56.5. The summed E-state index contributed by atoms with van der Waals surface area (Å²) < 4.78 is 54.3. The van der Waals surface area contributed by atoms with Crippen LogP contribution in [0, 0.1) is 46.3 Å². The quantitative estimate of drug-likeness (QED) is 0.0817. The highest BCUT2D eigenvalue weighted by molar-refractivity contribution is 5.26. The van der Waals surface area contributed by atoms with E-state index in [0.29, 0.717) is 30.9 Å². The highest BCUT2D eigenvalue weighted by Crippen LogP contribution is 2.71. The molecule has 0 aromatic heterocycles. The van der Waals surface area contributed by atoms with Crippen LogP contribution in [0.3, 0.4) is 0 Å². The van der Waals surface area contributed by atoms with Crippen LogP contribution in [0.25, 0.3) is 0 Å². The molecule has 9 aliphatic rings. The highest BCUT2D eigenvalue weighted by Gasteiger charge is 2.70. The number of ether oxygens (including phenoxy) is 9. The Bertz CT molecular complexity index is 1930. The van der Waals surface area contributed by atoms with E-state index in [1.807, 2.05) is 19.9 Å². The fourth-order valence-electron chi connectivity index (χ4n) is 15.2. The molecule has 0 spiro atoms. The number of aliphatic hydroxyl groups is 14. The van der Waals surface area contributed by atoms with Gasteiger partial charge < -0.3 is 114 Å². The van der Waals surface area contributed by atoms with E-state index in [9.17, 15) is 71.5 Å². The molecule has 9 rings (SSSR count). The summed E-state index contributed by atoms with van der Waals surface area (Å²) in [6.07, 6.45) is -24.5. The van der Waals surface area contributed by atoms with E-state index in [1.165, 1.54) is 13.8 Å². The van der Waals surface area contributed by atoms with E-state index in [4.69, 9.17) is 42.6 Å². The molecule has 32 atom stereocenters. The second-order valence-corrected chi connectivity index (χ2v) is 24.1. The minimum Gasteiger partial charge on any atom is -0.492 e. The molecule has 23 nitrogen and oxygen atoms in total. The first-order valence-electron chi connectivity index (χ1n) is 26.9. The van der Waals surface area contributed by atoms with Crippen molar-refractivity contribution in [1.82, 2.24) is 0 Å². The maximum Gasteiger partial charge on any atom is 0.187 e.